The molecule has 1 aromatic heterocycles. The molecular weight excluding hydrogens is 318 g/mol. The van der Waals surface area contributed by atoms with Crippen LogP contribution in [-0.4, -0.2) is 33.4 Å². The topological polar surface area (TPSA) is 84.2 Å². The number of benzene rings is 1. The van der Waals surface area contributed by atoms with Crippen molar-refractivity contribution in [3.63, 3.8) is 0 Å². The number of fused-ring (bicyclic) bond motifs is 1. The highest BCUT2D eigenvalue weighted by Crippen LogP contribution is 2.34. The number of carbonyl (C=O) groups is 1. The van der Waals surface area contributed by atoms with Gasteiger partial charge >= 0.3 is 0 Å². The number of hydrogen-bond acceptors (Lipinski definition) is 4. The molecule has 0 saturated heterocycles. The van der Waals surface area contributed by atoms with E-state index in [1.54, 1.807) is 24.3 Å². The van der Waals surface area contributed by atoms with Crippen molar-refractivity contribution in [2.24, 2.45) is 11.8 Å². The van der Waals surface area contributed by atoms with Gasteiger partial charge in [-0.2, -0.15) is 5.10 Å². The second-order valence-corrected chi connectivity index (χ2v) is 7.20. The molecule has 2 N–H and O–H groups in total. The molecule has 6 heteroatoms. The third-order valence-electron chi connectivity index (χ3n) is 4.57. The highest BCUT2D eigenvalue weighted by molar-refractivity contribution is 6.04. The third kappa shape index (κ3) is 3.90. The maximum Gasteiger partial charge on any atom is 0.274 e. The Balaban J connectivity index is 2.00. The summed E-state index contributed by atoms with van der Waals surface area (Å²) in [5, 5.41) is 17.7. The van der Waals surface area contributed by atoms with E-state index in [1.807, 2.05) is 13.8 Å². The van der Waals surface area contributed by atoms with Gasteiger partial charge in [-0.25, -0.2) is 4.68 Å². The van der Waals surface area contributed by atoms with E-state index in [4.69, 9.17) is 0 Å². The van der Waals surface area contributed by atoms with Crippen molar-refractivity contribution in [3.8, 4) is 0 Å². The average Bonchev–Trinajstić information content (AvgIpc) is 3.41. The highest BCUT2D eigenvalue weighted by Gasteiger charge is 2.32. The van der Waals surface area contributed by atoms with Gasteiger partial charge in [0.2, 0.25) is 0 Å². The first kappa shape index (κ1) is 17.6. The molecule has 2 aromatic rings. The second kappa shape index (κ2) is 7.35. The average molecular weight is 343 g/mol. The van der Waals surface area contributed by atoms with Gasteiger partial charge in [-0.3, -0.25) is 9.59 Å². The van der Waals surface area contributed by atoms with Gasteiger partial charge in [0.1, 0.15) is 0 Å². The van der Waals surface area contributed by atoms with Gasteiger partial charge in [0.05, 0.1) is 5.39 Å². The molecule has 1 fully saturated rings. The Morgan fingerprint density at radius 3 is 2.60 bits per heavy atom. The quantitative estimate of drug-likeness (QED) is 0.805. The SMILES string of the molecule is CC(C)Cn1nc(C(=O)NC(CCO)C2CC2)c2ccccc2c1=O. The van der Waals surface area contributed by atoms with Crippen LogP contribution < -0.4 is 10.9 Å². The van der Waals surface area contributed by atoms with E-state index in [-0.39, 0.29) is 35.7 Å². The van der Waals surface area contributed by atoms with Crippen LogP contribution in [0.2, 0.25) is 0 Å². The zero-order valence-corrected chi connectivity index (χ0v) is 14.7. The molecule has 1 atom stereocenters. The smallest absolute Gasteiger partial charge is 0.274 e. The fourth-order valence-electron chi connectivity index (χ4n) is 3.17. The van der Waals surface area contributed by atoms with E-state index in [0.717, 1.165) is 12.8 Å². The summed E-state index contributed by atoms with van der Waals surface area (Å²) in [4.78, 5) is 25.5. The van der Waals surface area contributed by atoms with Crippen LogP contribution in [0.25, 0.3) is 10.8 Å². The molecule has 134 valence electrons. The van der Waals surface area contributed by atoms with Crippen LogP contribution in [0.15, 0.2) is 29.1 Å². The lowest BCUT2D eigenvalue weighted by Gasteiger charge is -2.18. The number of hydrogen-bond donors (Lipinski definition) is 2. The van der Waals surface area contributed by atoms with Crippen LogP contribution in [0.3, 0.4) is 0 Å². The predicted octanol–water partition coefficient (Wildman–Crippen LogP) is 1.94. The normalized spacial score (nSPS) is 15.5. The molecule has 1 amide bonds. The summed E-state index contributed by atoms with van der Waals surface area (Å²) in [7, 11) is 0. The van der Waals surface area contributed by atoms with Crippen LogP contribution in [0, 0.1) is 11.8 Å². The summed E-state index contributed by atoms with van der Waals surface area (Å²) >= 11 is 0. The molecule has 1 heterocycles. The Hall–Kier alpha value is -2.21. The molecule has 1 unspecified atom stereocenters. The maximum atomic E-state index is 12.9. The summed E-state index contributed by atoms with van der Waals surface area (Å²) in [6.07, 6.45) is 2.69. The van der Waals surface area contributed by atoms with Crippen molar-refractivity contribution in [1.82, 2.24) is 15.1 Å². The summed E-state index contributed by atoms with van der Waals surface area (Å²) in [5.74, 6) is 0.402. The predicted molar refractivity (Wildman–Crippen MR) is 96.5 cm³/mol. The summed E-state index contributed by atoms with van der Waals surface area (Å²) < 4.78 is 1.39. The van der Waals surface area contributed by atoms with E-state index in [2.05, 4.69) is 10.4 Å². The number of aliphatic hydroxyl groups is 1. The van der Waals surface area contributed by atoms with Crippen LogP contribution in [0.5, 0.6) is 0 Å². The van der Waals surface area contributed by atoms with E-state index in [1.165, 1.54) is 4.68 Å². The van der Waals surface area contributed by atoms with Gasteiger partial charge < -0.3 is 10.4 Å². The second-order valence-electron chi connectivity index (χ2n) is 7.20. The van der Waals surface area contributed by atoms with Crippen molar-refractivity contribution in [2.45, 2.75) is 45.7 Å². The molecule has 3 rings (SSSR count). The van der Waals surface area contributed by atoms with E-state index in [9.17, 15) is 14.7 Å². The van der Waals surface area contributed by atoms with Crippen molar-refractivity contribution in [3.05, 3.63) is 40.3 Å². The van der Waals surface area contributed by atoms with Gasteiger partial charge in [0.15, 0.2) is 5.69 Å². The standard InChI is InChI=1S/C19H25N3O3/c1-12(2)11-22-19(25)15-6-4-3-5-14(15)17(21-22)18(24)20-16(9-10-23)13-7-8-13/h3-6,12-13,16,23H,7-11H2,1-2H3,(H,20,24). The molecule has 0 bridgehead atoms. The zero-order valence-electron chi connectivity index (χ0n) is 14.7. The van der Waals surface area contributed by atoms with Crippen LogP contribution in [0.4, 0.5) is 0 Å². The van der Waals surface area contributed by atoms with Crippen molar-refractivity contribution in [2.75, 3.05) is 6.61 Å². The molecule has 0 aliphatic heterocycles. The molecule has 1 saturated carbocycles. The molecular formula is C19H25N3O3. The van der Waals surface area contributed by atoms with Crippen molar-refractivity contribution in [1.29, 1.82) is 0 Å². The number of aromatic nitrogens is 2. The molecule has 1 aromatic carbocycles. The number of amides is 1. The lowest BCUT2D eigenvalue weighted by molar-refractivity contribution is 0.0918. The van der Waals surface area contributed by atoms with Crippen LogP contribution >= 0.6 is 0 Å². The fraction of sp³-hybridized carbons (Fsp3) is 0.526. The monoisotopic (exact) mass is 343 g/mol. The summed E-state index contributed by atoms with van der Waals surface area (Å²) in [6, 6.07) is 7.06. The molecule has 6 nitrogen and oxygen atoms in total. The largest absolute Gasteiger partial charge is 0.396 e. The Bertz CT molecular complexity index is 824. The van der Waals surface area contributed by atoms with Crippen molar-refractivity contribution < 1.29 is 9.90 Å². The van der Waals surface area contributed by atoms with Gasteiger partial charge in [0.25, 0.3) is 11.5 Å². The van der Waals surface area contributed by atoms with E-state index >= 15 is 0 Å². The lowest BCUT2D eigenvalue weighted by atomic mass is 10.1. The summed E-state index contributed by atoms with van der Waals surface area (Å²) in [6.45, 7) is 4.52. The van der Waals surface area contributed by atoms with Crippen molar-refractivity contribution >= 4 is 16.7 Å². The van der Waals surface area contributed by atoms with Crippen LogP contribution in [0.1, 0.15) is 43.6 Å². The molecule has 0 radical (unpaired) electrons. The number of nitrogens with zero attached hydrogens (tertiary/aromatic N) is 2. The number of nitrogens with one attached hydrogen (secondary N) is 1. The Labute approximate surface area is 146 Å². The minimum Gasteiger partial charge on any atom is -0.396 e. The summed E-state index contributed by atoms with van der Waals surface area (Å²) in [5.41, 5.74) is 0.106. The molecule has 1 aliphatic carbocycles. The van der Waals surface area contributed by atoms with Gasteiger partial charge in [-0.05, 0) is 37.2 Å². The molecule has 25 heavy (non-hydrogen) atoms. The highest BCUT2D eigenvalue weighted by atomic mass is 16.3. The van der Waals surface area contributed by atoms with Gasteiger partial charge in [0, 0.05) is 24.6 Å². The minimum atomic E-state index is -0.279. The Morgan fingerprint density at radius 1 is 1.32 bits per heavy atom. The molecule has 1 aliphatic rings. The Morgan fingerprint density at radius 2 is 2.00 bits per heavy atom. The zero-order chi connectivity index (χ0) is 18.0. The maximum absolute atomic E-state index is 12.9. The lowest BCUT2D eigenvalue weighted by Crippen LogP contribution is -2.39. The minimum absolute atomic E-state index is 0.0384. The third-order valence-corrected chi connectivity index (χ3v) is 4.57. The Kier molecular flexibility index (Phi) is 5.18. The number of aliphatic hydroxyl groups excluding tert-OH is 1. The van der Waals surface area contributed by atoms with Crippen LogP contribution in [-0.2, 0) is 6.54 Å². The number of rotatable bonds is 7. The first-order valence-corrected chi connectivity index (χ1v) is 8.92. The van der Waals surface area contributed by atoms with Gasteiger partial charge in [-0.15, -0.1) is 0 Å². The van der Waals surface area contributed by atoms with E-state index < -0.39 is 0 Å². The van der Waals surface area contributed by atoms with Gasteiger partial charge in [-0.1, -0.05) is 32.0 Å². The fourth-order valence-corrected chi connectivity index (χ4v) is 3.17. The first-order valence-electron chi connectivity index (χ1n) is 8.92. The first-order chi connectivity index (χ1) is 12.0. The molecule has 0 spiro atoms. The van der Waals surface area contributed by atoms with E-state index in [0.29, 0.717) is 29.7 Å². The number of carbonyl (C=O) groups excluding carboxylic acids is 1.